The van der Waals surface area contributed by atoms with Crippen LogP contribution in [0.4, 0.5) is 4.79 Å². The summed E-state index contributed by atoms with van der Waals surface area (Å²) in [4.78, 5) is 26.8. The van der Waals surface area contributed by atoms with E-state index in [9.17, 15) is 18.0 Å². The van der Waals surface area contributed by atoms with Crippen molar-refractivity contribution in [3.05, 3.63) is 65.2 Å². The van der Waals surface area contributed by atoms with Crippen LogP contribution in [0.3, 0.4) is 0 Å². The highest BCUT2D eigenvalue weighted by Crippen LogP contribution is 2.28. The lowest BCUT2D eigenvalue weighted by molar-refractivity contribution is -0.126. The fourth-order valence-electron chi connectivity index (χ4n) is 4.47. The van der Waals surface area contributed by atoms with Crippen LogP contribution in [0.25, 0.3) is 0 Å². The molecule has 0 saturated carbocycles. The number of rotatable bonds is 5. The van der Waals surface area contributed by atoms with Gasteiger partial charge < -0.3 is 5.32 Å². The molecule has 8 nitrogen and oxygen atoms in total. The molecule has 0 radical (unpaired) electrons. The molecule has 2 N–H and O–H groups in total. The maximum atomic E-state index is 13.2. The molecule has 1 aliphatic heterocycles. The Morgan fingerprint density at radius 1 is 0.938 bits per heavy atom. The molecule has 1 fully saturated rings. The zero-order chi connectivity index (χ0) is 22.7. The van der Waals surface area contributed by atoms with Crippen LogP contribution in [0.15, 0.2) is 53.4 Å². The van der Waals surface area contributed by atoms with Gasteiger partial charge in [-0.25, -0.2) is 13.2 Å². The molecule has 0 spiro atoms. The number of nitrogens with zero attached hydrogens (tertiary/aromatic N) is 2. The number of aryl methyl sites for hydroxylation is 2. The van der Waals surface area contributed by atoms with E-state index in [1.807, 2.05) is 47.4 Å². The molecule has 1 saturated heterocycles. The minimum Gasteiger partial charge on any atom is -0.341 e. The van der Waals surface area contributed by atoms with Crippen molar-refractivity contribution in [2.24, 2.45) is 0 Å². The van der Waals surface area contributed by atoms with E-state index in [1.54, 1.807) is 6.07 Å². The van der Waals surface area contributed by atoms with Crippen molar-refractivity contribution < 1.29 is 18.0 Å². The number of sulfonamides is 1. The van der Waals surface area contributed by atoms with Gasteiger partial charge >= 0.3 is 6.03 Å². The number of piperazine rings is 1. The number of hydrogen-bond donors (Lipinski definition) is 2. The third-order valence-corrected chi connectivity index (χ3v) is 8.07. The summed E-state index contributed by atoms with van der Waals surface area (Å²) in [6.45, 7) is 1.31. The Hall–Kier alpha value is -2.75. The summed E-state index contributed by atoms with van der Waals surface area (Å²) in [5.41, 5.74) is 3.12. The quantitative estimate of drug-likeness (QED) is 0.713. The van der Waals surface area contributed by atoms with Gasteiger partial charge in [0.15, 0.2) is 0 Å². The number of imide groups is 1. The molecule has 32 heavy (non-hydrogen) atoms. The third-order valence-electron chi connectivity index (χ3n) is 6.17. The van der Waals surface area contributed by atoms with Crippen LogP contribution in [-0.2, 0) is 27.7 Å². The minimum atomic E-state index is -3.60. The predicted octanol–water partition coefficient (Wildman–Crippen LogP) is 1.68. The van der Waals surface area contributed by atoms with E-state index in [2.05, 4.69) is 10.6 Å². The molecule has 0 bridgehead atoms. The number of nitrogens with one attached hydrogen (secondary N) is 2. The Morgan fingerprint density at radius 2 is 1.62 bits per heavy atom. The summed E-state index contributed by atoms with van der Waals surface area (Å²) < 4.78 is 27.9. The first-order valence-electron chi connectivity index (χ1n) is 10.8. The fraction of sp³-hybridized carbons (Fsp3) is 0.391. The van der Waals surface area contributed by atoms with E-state index in [0.717, 1.165) is 30.4 Å². The number of benzene rings is 2. The van der Waals surface area contributed by atoms with Crippen molar-refractivity contribution in [2.45, 2.75) is 30.2 Å². The molecule has 9 heteroatoms. The fourth-order valence-corrected chi connectivity index (χ4v) is 5.94. The Balaban J connectivity index is 1.50. The zero-order valence-corrected chi connectivity index (χ0v) is 18.9. The molecule has 1 atom stereocenters. The Morgan fingerprint density at radius 3 is 2.31 bits per heavy atom. The minimum absolute atomic E-state index is 0.274. The maximum absolute atomic E-state index is 13.2. The van der Waals surface area contributed by atoms with Crippen molar-refractivity contribution in [1.82, 2.24) is 19.8 Å². The first-order valence-corrected chi connectivity index (χ1v) is 12.3. The van der Waals surface area contributed by atoms with Gasteiger partial charge in [-0.3, -0.25) is 15.0 Å². The number of amides is 3. The summed E-state index contributed by atoms with van der Waals surface area (Å²) in [7, 11) is -2.15. The van der Waals surface area contributed by atoms with E-state index in [0.29, 0.717) is 18.0 Å². The summed E-state index contributed by atoms with van der Waals surface area (Å²) in [5, 5.41) is 4.75. The first-order chi connectivity index (χ1) is 15.4. The molecular weight excluding hydrogens is 428 g/mol. The van der Waals surface area contributed by atoms with Crippen LogP contribution < -0.4 is 10.6 Å². The lowest BCUT2D eigenvalue weighted by atomic mass is 10.0. The molecule has 4 rings (SSSR count). The molecule has 1 unspecified atom stereocenters. The lowest BCUT2D eigenvalue weighted by Crippen LogP contribution is -2.53. The van der Waals surface area contributed by atoms with Crippen LogP contribution in [0.1, 0.15) is 29.2 Å². The van der Waals surface area contributed by atoms with E-state index in [4.69, 9.17) is 0 Å². The Bertz CT molecular complexity index is 1100. The maximum Gasteiger partial charge on any atom is 0.321 e. The van der Waals surface area contributed by atoms with Gasteiger partial charge in [0.1, 0.15) is 6.04 Å². The van der Waals surface area contributed by atoms with E-state index in [1.165, 1.54) is 16.9 Å². The van der Waals surface area contributed by atoms with Gasteiger partial charge in [-0.15, -0.1) is 0 Å². The number of carbonyl (C=O) groups is 2. The molecule has 170 valence electrons. The highest BCUT2D eigenvalue weighted by Gasteiger charge is 2.35. The van der Waals surface area contributed by atoms with Gasteiger partial charge in [0.05, 0.1) is 4.90 Å². The molecular formula is C23H28N4O4S. The predicted molar refractivity (Wildman–Crippen MR) is 121 cm³/mol. The summed E-state index contributed by atoms with van der Waals surface area (Å²) >= 11 is 0. The van der Waals surface area contributed by atoms with Crippen LogP contribution in [0, 0.1) is 0 Å². The van der Waals surface area contributed by atoms with Gasteiger partial charge in [-0.2, -0.15) is 4.31 Å². The molecule has 2 aliphatic rings. The highest BCUT2D eigenvalue weighted by molar-refractivity contribution is 7.89. The van der Waals surface area contributed by atoms with Crippen LogP contribution >= 0.6 is 0 Å². The molecule has 0 aromatic heterocycles. The number of urea groups is 1. The summed E-state index contributed by atoms with van der Waals surface area (Å²) in [5.74, 6) is -0.439. The highest BCUT2D eigenvalue weighted by atomic mass is 32.2. The van der Waals surface area contributed by atoms with Crippen LogP contribution in [0.2, 0.25) is 0 Å². The van der Waals surface area contributed by atoms with Crippen molar-refractivity contribution in [3.63, 3.8) is 0 Å². The second kappa shape index (κ2) is 9.40. The molecule has 1 aliphatic carbocycles. The number of fused-ring (bicyclic) bond motifs is 1. The normalized spacial score (nSPS) is 18.0. The second-order valence-corrected chi connectivity index (χ2v) is 10.0. The standard InChI is InChI=1S/C23H28N4O4S/c1-24-23(29)25-22(28)21(18-6-3-2-4-7-18)26-12-14-27(15-13-26)32(30,31)20-11-10-17-8-5-9-19(17)16-20/h2-4,6-7,10-11,16,21H,5,8-9,12-15H2,1H3,(H2,24,25,28,29). The lowest BCUT2D eigenvalue weighted by Gasteiger charge is -2.38. The van der Waals surface area contributed by atoms with Gasteiger partial charge in [0.2, 0.25) is 15.9 Å². The van der Waals surface area contributed by atoms with Crippen molar-refractivity contribution in [1.29, 1.82) is 0 Å². The summed E-state index contributed by atoms with van der Waals surface area (Å²) in [6.07, 6.45) is 3.00. The monoisotopic (exact) mass is 456 g/mol. The van der Waals surface area contributed by atoms with E-state index in [-0.39, 0.29) is 13.1 Å². The average Bonchev–Trinajstić information content (AvgIpc) is 3.28. The molecule has 2 aromatic carbocycles. The van der Waals surface area contributed by atoms with Crippen LogP contribution in [-0.4, -0.2) is 62.8 Å². The van der Waals surface area contributed by atoms with E-state index < -0.39 is 28.0 Å². The Kier molecular flexibility index (Phi) is 6.59. The largest absolute Gasteiger partial charge is 0.341 e. The summed E-state index contributed by atoms with van der Waals surface area (Å²) in [6, 6.07) is 13.4. The van der Waals surface area contributed by atoms with Crippen LogP contribution in [0.5, 0.6) is 0 Å². The molecule has 2 aromatic rings. The average molecular weight is 457 g/mol. The SMILES string of the molecule is CNC(=O)NC(=O)C(c1ccccc1)N1CCN(S(=O)(=O)c2ccc3c(c2)CCC3)CC1. The van der Waals surface area contributed by atoms with Crippen molar-refractivity contribution >= 4 is 22.0 Å². The van der Waals surface area contributed by atoms with Gasteiger partial charge in [0.25, 0.3) is 0 Å². The molecule has 1 heterocycles. The number of hydrogen-bond acceptors (Lipinski definition) is 5. The Labute approximate surface area is 188 Å². The van der Waals surface area contributed by atoms with E-state index >= 15 is 0 Å². The van der Waals surface area contributed by atoms with Gasteiger partial charge in [-0.1, -0.05) is 36.4 Å². The van der Waals surface area contributed by atoms with Gasteiger partial charge in [0, 0.05) is 33.2 Å². The number of carbonyl (C=O) groups excluding carboxylic acids is 2. The van der Waals surface area contributed by atoms with Crippen molar-refractivity contribution in [2.75, 3.05) is 33.2 Å². The zero-order valence-electron chi connectivity index (χ0n) is 18.1. The first kappa shape index (κ1) is 22.4. The molecule has 3 amide bonds. The smallest absolute Gasteiger partial charge is 0.321 e. The second-order valence-electron chi connectivity index (χ2n) is 8.11. The van der Waals surface area contributed by atoms with Crippen molar-refractivity contribution in [3.8, 4) is 0 Å². The van der Waals surface area contributed by atoms with Gasteiger partial charge in [-0.05, 0) is 48.1 Å². The third kappa shape index (κ3) is 4.55. The topological polar surface area (TPSA) is 98.8 Å².